The number of ketones is 1. The molecule has 4 saturated carbocycles. The molecule has 4 aliphatic rings. The Morgan fingerprint density at radius 1 is 0.952 bits per heavy atom. The maximum Gasteiger partial charge on any atom is 0.166 e. The van der Waals surface area contributed by atoms with Crippen LogP contribution in [0.4, 0.5) is 0 Å². The zero-order valence-corrected chi connectivity index (χ0v) is 13.1. The molecule has 0 aromatic heterocycles. The van der Waals surface area contributed by atoms with Crippen LogP contribution in [-0.4, -0.2) is 5.78 Å². The highest BCUT2D eigenvalue weighted by Crippen LogP contribution is 2.57. The predicted molar refractivity (Wildman–Crippen MR) is 85.3 cm³/mol. The van der Waals surface area contributed by atoms with Crippen molar-refractivity contribution in [2.24, 2.45) is 29.6 Å². The first-order valence-corrected chi connectivity index (χ1v) is 8.87. The molecule has 1 nitrogen and oxygen atoms in total. The van der Waals surface area contributed by atoms with E-state index in [4.69, 9.17) is 0 Å². The van der Waals surface area contributed by atoms with Crippen LogP contribution in [0.1, 0.15) is 61.4 Å². The van der Waals surface area contributed by atoms with Crippen LogP contribution in [0, 0.1) is 29.6 Å². The number of hydrogen-bond acceptors (Lipinski definition) is 1. The van der Waals surface area contributed by atoms with E-state index in [0.717, 1.165) is 23.8 Å². The second kappa shape index (κ2) is 5.26. The van der Waals surface area contributed by atoms with Crippen LogP contribution < -0.4 is 0 Å². The summed E-state index contributed by atoms with van der Waals surface area (Å²) >= 11 is 0. The molecule has 1 aromatic carbocycles. The highest BCUT2D eigenvalue weighted by molar-refractivity contribution is 5.98. The minimum Gasteiger partial charge on any atom is -0.294 e. The SMILES string of the molecule is CCCc1ccc(C(=O)C2C3CC4CC(C3)CC2C4)cc1. The third-order valence-corrected chi connectivity index (χ3v) is 6.31. The van der Waals surface area contributed by atoms with Crippen molar-refractivity contribution < 1.29 is 4.79 Å². The molecule has 0 atom stereocenters. The zero-order valence-electron chi connectivity index (χ0n) is 13.1. The standard InChI is InChI=1S/C20H26O/c1-2-3-13-4-6-16(7-5-13)20(21)19-17-9-14-8-15(11-17)12-18(19)10-14/h4-7,14-15,17-19H,2-3,8-12H2,1H3. The van der Waals surface area contributed by atoms with Crippen molar-refractivity contribution in [2.75, 3.05) is 0 Å². The van der Waals surface area contributed by atoms with E-state index in [1.165, 1.54) is 44.1 Å². The Kier molecular flexibility index (Phi) is 3.40. The van der Waals surface area contributed by atoms with Crippen molar-refractivity contribution in [3.63, 3.8) is 0 Å². The van der Waals surface area contributed by atoms with Crippen molar-refractivity contribution in [3.05, 3.63) is 35.4 Å². The van der Waals surface area contributed by atoms with Crippen molar-refractivity contribution >= 4 is 5.78 Å². The van der Waals surface area contributed by atoms with E-state index in [9.17, 15) is 4.79 Å². The van der Waals surface area contributed by atoms with Crippen molar-refractivity contribution in [3.8, 4) is 0 Å². The van der Waals surface area contributed by atoms with E-state index in [2.05, 4.69) is 31.2 Å². The molecule has 4 aliphatic carbocycles. The first-order valence-electron chi connectivity index (χ1n) is 8.87. The monoisotopic (exact) mass is 282 g/mol. The molecule has 0 spiro atoms. The number of rotatable bonds is 4. The molecule has 112 valence electrons. The molecule has 1 heteroatoms. The van der Waals surface area contributed by atoms with E-state index >= 15 is 0 Å². The molecular formula is C20H26O. The number of hydrogen-bond donors (Lipinski definition) is 0. The van der Waals surface area contributed by atoms with Crippen molar-refractivity contribution in [2.45, 2.75) is 51.9 Å². The Hall–Kier alpha value is -1.11. The van der Waals surface area contributed by atoms with Gasteiger partial charge in [-0.3, -0.25) is 4.79 Å². The first-order chi connectivity index (χ1) is 10.2. The lowest BCUT2D eigenvalue weighted by Gasteiger charge is -2.53. The van der Waals surface area contributed by atoms with Crippen LogP contribution in [0.15, 0.2) is 24.3 Å². The van der Waals surface area contributed by atoms with Gasteiger partial charge in [0.1, 0.15) is 0 Å². The van der Waals surface area contributed by atoms with Crippen LogP contribution in [0.2, 0.25) is 0 Å². The number of Topliss-reactive ketones (excluding diaryl/α,β-unsaturated/α-hetero) is 1. The van der Waals surface area contributed by atoms with Gasteiger partial charge < -0.3 is 0 Å². The van der Waals surface area contributed by atoms with Crippen LogP contribution in [0.3, 0.4) is 0 Å². The Morgan fingerprint density at radius 2 is 1.52 bits per heavy atom. The maximum atomic E-state index is 13.0. The molecule has 0 amide bonds. The first kappa shape index (κ1) is 13.5. The summed E-state index contributed by atoms with van der Waals surface area (Å²) < 4.78 is 0. The lowest BCUT2D eigenvalue weighted by Crippen LogP contribution is -2.48. The molecule has 0 radical (unpaired) electrons. The van der Waals surface area contributed by atoms with Gasteiger partial charge in [0.2, 0.25) is 0 Å². The molecule has 21 heavy (non-hydrogen) atoms. The average Bonchev–Trinajstić information content (AvgIpc) is 2.47. The molecule has 5 rings (SSSR count). The number of carbonyl (C=O) groups is 1. The summed E-state index contributed by atoms with van der Waals surface area (Å²) in [6.45, 7) is 2.20. The van der Waals surface area contributed by atoms with Gasteiger partial charge in [0.05, 0.1) is 0 Å². The quantitative estimate of drug-likeness (QED) is 0.718. The molecule has 0 N–H and O–H groups in total. The fourth-order valence-electron chi connectivity index (χ4n) is 5.67. The predicted octanol–water partition coefficient (Wildman–Crippen LogP) is 4.89. The molecule has 0 aliphatic heterocycles. The van der Waals surface area contributed by atoms with Gasteiger partial charge in [-0.15, -0.1) is 0 Å². The molecule has 0 unspecified atom stereocenters. The van der Waals surface area contributed by atoms with Crippen molar-refractivity contribution in [1.29, 1.82) is 0 Å². The molecule has 0 heterocycles. The van der Waals surface area contributed by atoms with Crippen LogP contribution in [0.25, 0.3) is 0 Å². The average molecular weight is 282 g/mol. The van der Waals surface area contributed by atoms with Crippen LogP contribution in [0.5, 0.6) is 0 Å². The van der Waals surface area contributed by atoms with E-state index < -0.39 is 0 Å². The Morgan fingerprint density at radius 3 is 2.05 bits per heavy atom. The molecule has 1 aromatic rings. The summed E-state index contributed by atoms with van der Waals surface area (Å²) in [5, 5.41) is 0. The second-order valence-electron chi connectivity index (χ2n) is 7.77. The Bertz CT molecular complexity index is 499. The van der Waals surface area contributed by atoms with Gasteiger partial charge >= 0.3 is 0 Å². The molecule has 0 saturated heterocycles. The van der Waals surface area contributed by atoms with Gasteiger partial charge in [0.15, 0.2) is 5.78 Å². The summed E-state index contributed by atoms with van der Waals surface area (Å²) in [5.74, 6) is 4.08. The normalized spacial score (nSPS) is 36.9. The topological polar surface area (TPSA) is 17.1 Å². The lowest BCUT2D eigenvalue weighted by molar-refractivity contribution is -0.0251. The minimum absolute atomic E-state index is 0.342. The van der Waals surface area contributed by atoms with E-state index in [1.807, 2.05) is 0 Å². The zero-order chi connectivity index (χ0) is 14.4. The fourth-order valence-corrected chi connectivity index (χ4v) is 5.67. The summed E-state index contributed by atoms with van der Waals surface area (Å²) in [6, 6.07) is 8.48. The summed E-state index contributed by atoms with van der Waals surface area (Å²) in [4.78, 5) is 13.0. The van der Waals surface area contributed by atoms with Gasteiger partial charge in [-0.1, -0.05) is 37.6 Å². The Balaban J connectivity index is 1.54. The van der Waals surface area contributed by atoms with Gasteiger partial charge in [-0.25, -0.2) is 0 Å². The molecular weight excluding hydrogens is 256 g/mol. The fraction of sp³-hybridized carbons (Fsp3) is 0.650. The summed E-state index contributed by atoms with van der Waals surface area (Å²) in [7, 11) is 0. The smallest absolute Gasteiger partial charge is 0.166 e. The minimum atomic E-state index is 0.342. The molecule has 4 bridgehead atoms. The van der Waals surface area contributed by atoms with Crippen molar-refractivity contribution in [1.82, 2.24) is 0 Å². The lowest BCUT2D eigenvalue weighted by atomic mass is 9.51. The largest absolute Gasteiger partial charge is 0.294 e. The van der Waals surface area contributed by atoms with Gasteiger partial charge in [0.25, 0.3) is 0 Å². The van der Waals surface area contributed by atoms with Gasteiger partial charge in [-0.05, 0) is 67.8 Å². The van der Waals surface area contributed by atoms with Crippen LogP contribution >= 0.6 is 0 Å². The second-order valence-corrected chi connectivity index (χ2v) is 7.77. The third-order valence-electron chi connectivity index (χ3n) is 6.31. The highest BCUT2D eigenvalue weighted by atomic mass is 16.1. The summed E-state index contributed by atoms with van der Waals surface area (Å²) in [6.07, 6.45) is 9.07. The van der Waals surface area contributed by atoms with E-state index in [-0.39, 0.29) is 0 Å². The number of carbonyl (C=O) groups excluding carboxylic acids is 1. The van der Waals surface area contributed by atoms with Gasteiger partial charge in [-0.2, -0.15) is 0 Å². The maximum absolute atomic E-state index is 13.0. The van der Waals surface area contributed by atoms with E-state index in [0.29, 0.717) is 23.5 Å². The number of aryl methyl sites for hydroxylation is 1. The van der Waals surface area contributed by atoms with Crippen LogP contribution in [-0.2, 0) is 6.42 Å². The van der Waals surface area contributed by atoms with E-state index in [1.54, 1.807) is 0 Å². The summed E-state index contributed by atoms with van der Waals surface area (Å²) in [5.41, 5.74) is 2.33. The third kappa shape index (κ3) is 2.35. The highest BCUT2D eigenvalue weighted by Gasteiger charge is 2.50. The molecule has 4 fully saturated rings. The Labute approximate surface area is 128 Å². The number of benzene rings is 1. The van der Waals surface area contributed by atoms with Gasteiger partial charge in [0, 0.05) is 11.5 Å².